The van der Waals surface area contributed by atoms with Crippen LogP contribution < -0.4 is 15.5 Å². The van der Waals surface area contributed by atoms with E-state index in [-0.39, 0.29) is 17.2 Å². The number of nitro benzene ring substituents is 1. The first-order valence-electron chi connectivity index (χ1n) is 8.98. The van der Waals surface area contributed by atoms with Crippen molar-refractivity contribution in [1.82, 2.24) is 15.3 Å². The molecule has 1 aromatic carbocycles. The number of nitrogens with one attached hydrogen (secondary N) is 2. The lowest BCUT2D eigenvalue weighted by Gasteiger charge is -2.28. The van der Waals surface area contributed by atoms with Gasteiger partial charge in [-0.25, -0.2) is 4.98 Å². The Bertz CT molecular complexity index is 854. The van der Waals surface area contributed by atoms with E-state index in [1.807, 2.05) is 13.0 Å². The molecule has 0 unspecified atom stereocenters. The topological polar surface area (TPSA) is 123 Å². The third-order valence-corrected chi connectivity index (χ3v) is 4.19. The first-order chi connectivity index (χ1) is 13.5. The first-order valence-corrected chi connectivity index (χ1v) is 8.98. The number of nitrogens with zero attached hydrogens (tertiary/aromatic N) is 4. The van der Waals surface area contributed by atoms with E-state index in [9.17, 15) is 14.9 Å². The molecule has 2 heterocycles. The van der Waals surface area contributed by atoms with Gasteiger partial charge in [0.05, 0.1) is 18.1 Å². The number of non-ortho nitro benzene ring substituents is 1. The van der Waals surface area contributed by atoms with Crippen molar-refractivity contribution in [3.05, 3.63) is 51.7 Å². The predicted molar refractivity (Wildman–Crippen MR) is 104 cm³/mol. The maximum Gasteiger partial charge on any atom is 0.270 e. The van der Waals surface area contributed by atoms with Crippen LogP contribution in [0.1, 0.15) is 16.1 Å². The molecule has 0 spiro atoms. The van der Waals surface area contributed by atoms with Crippen LogP contribution in [-0.4, -0.2) is 60.2 Å². The maximum atomic E-state index is 12.1. The van der Waals surface area contributed by atoms with Crippen molar-refractivity contribution >= 4 is 23.4 Å². The lowest BCUT2D eigenvalue weighted by molar-refractivity contribution is -0.384. The maximum absolute atomic E-state index is 12.1. The minimum atomic E-state index is -0.528. The van der Waals surface area contributed by atoms with Crippen molar-refractivity contribution in [1.29, 1.82) is 0 Å². The smallest absolute Gasteiger partial charge is 0.270 e. The third kappa shape index (κ3) is 5.13. The van der Waals surface area contributed by atoms with E-state index >= 15 is 0 Å². The highest BCUT2D eigenvalue weighted by Gasteiger charge is 2.14. The number of amides is 1. The molecule has 0 radical (unpaired) electrons. The fourth-order valence-corrected chi connectivity index (χ4v) is 2.80. The van der Waals surface area contributed by atoms with Crippen LogP contribution in [0.2, 0.25) is 0 Å². The Kier molecular flexibility index (Phi) is 6.33. The summed E-state index contributed by atoms with van der Waals surface area (Å²) in [7, 11) is 0. The Labute approximate surface area is 162 Å². The van der Waals surface area contributed by atoms with Gasteiger partial charge in [-0.05, 0) is 13.0 Å². The Morgan fingerprint density at radius 2 is 2.04 bits per heavy atom. The average Bonchev–Trinajstić information content (AvgIpc) is 2.71. The number of hydrogen-bond acceptors (Lipinski definition) is 8. The molecule has 2 aromatic rings. The summed E-state index contributed by atoms with van der Waals surface area (Å²) in [4.78, 5) is 33.4. The van der Waals surface area contributed by atoms with Crippen molar-refractivity contribution in [2.75, 3.05) is 49.6 Å². The number of nitro groups is 1. The number of hydrogen-bond donors (Lipinski definition) is 2. The second kappa shape index (κ2) is 9.09. The van der Waals surface area contributed by atoms with Crippen LogP contribution in [0.5, 0.6) is 0 Å². The summed E-state index contributed by atoms with van der Waals surface area (Å²) >= 11 is 0. The van der Waals surface area contributed by atoms with Crippen molar-refractivity contribution in [2.24, 2.45) is 0 Å². The van der Waals surface area contributed by atoms with Crippen molar-refractivity contribution < 1.29 is 14.5 Å². The zero-order valence-electron chi connectivity index (χ0n) is 15.6. The predicted octanol–water partition coefficient (Wildman–Crippen LogP) is 1.37. The summed E-state index contributed by atoms with van der Waals surface area (Å²) in [5, 5.41) is 16.6. The summed E-state index contributed by atoms with van der Waals surface area (Å²) in [5.74, 6) is 0.967. The fourth-order valence-electron chi connectivity index (χ4n) is 2.80. The quantitative estimate of drug-likeness (QED) is 0.416. The van der Waals surface area contributed by atoms with Crippen molar-refractivity contribution in [3.8, 4) is 0 Å². The summed E-state index contributed by atoms with van der Waals surface area (Å²) < 4.78 is 5.36. The molecule has 148 valence electrons. The van der Waals surface area contributed by atoms with E-state index in [1.165, 1.54) is 24.3 Å². The molecule has 0 bridgehead atoms. The SMILES string of the molecule is Cc1cc(N2CCOCC2)nc(NCCNC(=O)c2cccc([N+](=O)[O-])c2)n1. The summed E-state index contributed by atoms with van der Waals surface area (Å²) in [6.07, 6.45) is 0. The molecule has 10 heteroatoms. The first kappa shape index (κ1) is 19.5. The van der Waals surface area contributed by atoms with E-state index in [0.717, 1.165) is 24.6 Å². The van der Waals surface area contributed by atoms with Gasteiger partial charge in [0, 0.05) is 55.6 Å². The van der Waals surface area contributed by atoms with Crippen LogP contribution in [0, 0.1) is 17.0 Å². The molecule has 28 heavy (non-hydrogen) atoms. The van der Waals surface area contributed by atoms with Gasteiger partial charge in [-0.1, -0.05) is 6.07 Å². The van der Waals surface area contributed by atoms with Gasteiger partial charge in [0.2, 0.25) is 5.95 Å². The van der Waals surface area contributed by atoms with Gasteiger partial charge in [0.15, 0.2) is 0 Å². The highest BCUT2D eigenvalue weighted by Crippen LogP contribution is 2.16. The molecule has 2 N–H and O–H groups in total. The van der Waals surface area contributed by atoms with Gasteiger partial charge in [-0.3, -0.25) is 14.9 Å². The molecular formula is C18H22N6O4. The summed E-state index contributed by atoms with van der Waals surface area (Å²) in [5.41, 5.74) is 0.977. The molecule has 0 aliphatic carbocycles. The average molecular weight is 386 g/mol. The minimum absolute atomic E-state index is 0.116. The lowest BCUT2D eigenvalue weighted by atomic mass is 10.2. The lowest BCUT2D eigenvalue weighted by Crippen LogP contribution is -2.37. The van der Waals surface area contributed by atoms with E-state index in [1.54, 1.807) is 0 Å². The van der Waals surface area contributed by atoms with Gasteiger partial charge < -0.3 is 20.3 Å². The molecule has 1 saturated heterocycles. The zero-order chi connectivity index (χ0) is 19.9. The van der Waals surface area contributed by atoms with Crippen molar-refractivity contribution in [3.63, 3.8) is 0 Å². The van der Waals surface area contributed by atoms with Gasteiger partial charge >= 0.3 is 0 Å². The second-order valence-electron chi connectivity index (χ2n) is 6.28. The number of ether oxygens (including phenoxy) is 1. The number of carbonyl (C=O) groups excluding carboxylic acids is 1. The molecule has 1 fully saturated rings. The number of rotatable bonds is 7. The molecule has 1 aliphatic rings. The van der Waals surface area contributed by atoms with E-state index in [4.69, 9.17) is 4.74 Å². The molecule has 1 amide bonds. The van der Waals surface area contributed by atoms with E-state index in [2.05, 4.69) is 25.5 Å². The Hall–Kier alpha value is -3.27. The highest BCUT2D eigenvalue weighted by molar-refractivity contribution is 5.94. The molecule has 1 aliphatic heterocycles. The van der Waals surface area contributed by atoms with Gasteiger partial charge in [-0.15, -0.1) is 0 Å². The molecule has 0 atom stereocenters. The normalized spacial score (nSPS) is 13.8. The molecule has 1 aromatic heterocycles. The number of carbonyl (C=O) groups is 1. The number of benzene rings is 1. The van der Waals surface area contributed by atoms with E-state index in [0.29, 0.717) is 32.3 Å². The van der Waals surface area contributed by atoms with Crippen LogP contribution in [0.25, 0.3) is 0 Å². The number of anilines is 2. The summed E-state index contributed by atoms with van der Waals surface area (Å²) in [6, 6.07) is 7.55. The minimum Gasteiger partial charge on any atom is -0.378 e. The number of aromatic nitrogens is 2. The van der Waals surface area contributed by atoms with Crippen LogP contribution in [0.4, 0.5) is 17.5 Å². The monoisotopic (exact) mass is 386 g/mol. The second-order valence-corrected chi connectivity index (χ2v) is 6.28. The van der Waals surface area contributed by atoms with Crippen LogP contribution >= 0.6 is 0 Å². The van der Waals surface area contributed by atoms with Gasteiger partial charge in [0.1, 0.15) is 5.82 Å². The Morgan fingerprint density at radius 3 is 2.79 bits per heavy atom. The largest absolute Gasteiger partial charge is 0.378 e. The third-order valence-electron chi connectivity index (χ3n) is 4.19. The molecule has 3 rings (SSSR count). The molecule has 0 saturated carbocycles. The summed E-state index contributed by atoms with van der Waals surface area (Å²) in [6.45, 7) is 5.58. The zero-order valence-corrected chi connectivity index (χ0v) is 15.6. The van der Waals surface area contributed by atoms with Crippen molar-refractivity contribution in [2.45, 2.75) is 6.92 Å². The number of morpholine rings is 1. The number of aryl methyl sites for hydroxylation is 1. The van der Waals surface area contributed by atoms with Gasteiger partial charge in [0.25, 0.3) is 11.6 Å². The van der Waals surface area contributed by atoms with Crippen LogP contribution in [0.3, 0.4) is 0 Å². The standard InChI is InChI=1S/C18H22N6O4/c1-13-11-16(23-7-9-28-10-8-23)22-18(21-13)20-6-5-19-17(25)14-3-2-4-15(12-14)24(26)27/h2-4,11-12H,5-10H2,1H3,(H,19,25)(H,20,21,22). The highest BCUT2D eigenvalue weighted by atomic mass is 16.6. The molecular weight excluding hydrogens is 364 g/mol. The van der Waals surface area contributed by atoms with Crippen LogP contribution in [-0.2, 0) is 4.74 Å². The van der Waals surface area contributed by atoms with Crippen LogP contribution in [0.15, 0.2) is 30.3 Å². The van der Waals surface area contributed by atoms with Gasteiger partial charge in [-0.2, -0.15) is 4.98 Å². The molecule has 10 nitrogen and oxygen atoms in total. The fraction of sp³-hybridized carbons (Fsp3) is 0.389. The van der Waals surface area contributed by atoms with E-state index < -0.39 is 4.92 Å². The Balaban J connectivity index is 1.52. The Morgan fingerprint density at radius 1 is 1.25 bits per heavy atom.